The first-order valence-corrected chi connectivity index (χ1v) is 10.1. The summed E-state index contributed by atoms with van der Waals surface area (Å²) in [6.45, 7) is 10.3. The predicted molar refractivity (Wildman–Crippen MR) is 111 cm³/mol. The van der Waals surface area contributed by atoms with Crippen molar-refractivity contribution < 1.29 is 0 Å². The van der Waals surface area contributed by atoms with Gasteiger partial charge in [-0.1, -0.05) is 25.2 Å². The highest BCUT2D eigenvalue weighted by Crippen LogP contribution is 2.34. The monoisotopic (exact) mass is 360 g/mol. The average molecular weight is 361 g/mol. The van der Waals surface area contributed by atoms with Crippen LogP contribution in [0, 0.1) is 12.8 Å². The highest BCUT2D eigenvalue weighted by molar-refractivity contribution is 5.62. The second kappa shape index (κ2) is 7.73. The number of nitrogens with zero attached hydrogens (tertiary/aromatic N) is 3. The van der Waals surface area contributed by atoms with Gasteiger partial charge in [0.25, 0.3) is 0 Å². The van der Waals surface area contributed by atoms with E-state index in [1.165, 1.54) is 35.7 Å². The van der Waals surface area contributed by atoms with Gasteiger partial charge < -0.3 is 5.32 Å². The summed E-state index contributed by atoms with van der Waals surface area (Å²) in [6, 6.07) is 4.07. The first kappa shape index (κ1) is 18.1. The minimum absolute atomic E-state index is 0.429. The molecule has 1 aliphatic heterocycles. The number of aromatic nitrogens is 3. The van der Waals surface area contributed by atoms with Crippen molar-refractivity contribution in [1.29, 1.82) is 0 Å². The quantitative estimate of drug-likeness (QED) is 0.911. The van der Waals surface area contributed by atoms with Crippen molar-refractivity contribution in [3.05, 3.63) is 52.9 Å². The third-order valence-electron chi connectivity index (χ3n) is 5.89. The van der Waals surface area contributed by atoms with Crippen LogP contribution in [-0.2, 0) is 0 Å². The third-order valence-corrected chi connectivity index (χ3v) is 5.89. The number of hydrogen-bond acceptors (Lipinski definition) is 4. The lowest BCUT2D eigenvalue weighted by atomic mass is 9.78. The van der Waals surface area contributed by atoms with Crippen LogP contribution in [0.1, 0.15) is 49.9 Å². The molecule has 27 heavy (non-hydrogen) atoms. The number of nitrogens with one attached hydrogen (secondary N) is 1. The number of allylic oxidation sites excluding steroid dienone is 1. The predicted octanol–water partition coefficient (Wildman–Crippen LogP) is 2.86. The Labute approximate surface area is 161 Å². The molecule has 0 bridgehead atoms. The molecule has 2 aliphatic rings. The molecule has 1 saturated carbocycles. The molecule has 4 heteroatoms. The van der Waals surface area contributed by atoms with Gasteiger partial charge in [-0.15, -0.1) is 0 Å². The fraction of sp³-hybridized carbons (Fsp3) is 0.435. The molecule has 140 valence electrons. The summed E-state index contributed by atoms with van der Waals surface area (Å²) < 4.78 is 0. The first-order chi connectivity index (χ1) is 13.2. The minimum atomic E-state index is 0.429. The first-order valence-electron chi connectivity index (χ1n) is 10.1. The molecule has 4 nitrogen and oxygen atoms in total. The van der Waals surface area contributed by atoms with E-state index in [9.17, 15) is 0 Å². The Balaban J connectivity index is 2.00. The lowest BCUT2D eigenvalue weighted by molar-refractivity contribution is 0.400. The molecule has 0 amide bonds. The van der Waals surface area contributed by atoms with Crippen molar-refractivity contribution in [2.24, 2.45) is 5.92 Å². The lowest BCUT2D eigenvalue weighted by Gasteiger charge is -2.27. The summed E-state index contributed by atoms with van der Waals surface area (Å²) in [4.78, 5) is 14.4. The van der Waals surface area contributed by atoms with E-state index in [-0.39, 0.29) is 0 Å². The largest absolute Gasteiger partial charge is 0.316 e. The van der Waals surface area contributed by atoms with Crippen LogP contribution in [0.2, 0.25) is 0 Å². The second-order valence-electron chi connectivity index (χ2n) is 7.64. The molecule has 0 aromatic carbocycles. The lowest BCUT2D eigenvalue weighted by Crippen LogP contribution is -2.39. The molecule has 1 N–H and O–H groups in total. The second-order valence-corrected chi connectivity index (χ2v) is 7.64. The van der Waals surface area contributed by atoms with Gasteiger partial charge in [-0.25, -0.2) is 9.97 Å². The molecular formula is C23H28N4. The third kappa shape index (κ3) is 3.46. The normalized spacial score (nSPS) is 21.9. The van der Waals surface area contributed by atoms with Crippen LogP contribution < -0.4 is 15.9 Å². The van der Waals surface area contributed by atoms with Gasteiger partial charge in [0, 0.05) is 35.1 Å². The molecule has 3 heterocycles. The smallest absolute Gasteiger partial charge is 0.160 e. The van der Waals surface area contributed by atoms with Gasteiger partial charge in [-0.05, 0) is 63.3 Å². The van der Waals surface area contributed by atoms with E-state index < -0.39 is 0 Å². The molecule has 1 atom stereocenters. The van der Waals surface area contributed by atoms with E-state index in [1.54, 1.807) is 0 Å². The maximum Gasteiger partial charge on any atom is 0.160 e. The fourth-order valence-corrected chi connectivity index (χ4v) is 4.19. The van der Waals surface area contributed by atoms with Crippen LogP contribution >= 0.6 is 0 Å². The molecule has 1 unspecified atom stereocenters. The Morgan fingerprint density at radius 3 is 2.70 bits per heavy atom. The molecule has 1 aliphatic carbocycles. The van der Waals surface area contributed by atoms with Gasteiger partial charge in [-0.2, -0.15) is 0 Å². The van der Waals surface area contributed by atoms with E-state index in [2.05, 4.69) is 42.0 Å². The van der Waals surface area contributed by atoms with Gasteiger partial charge in [0.15, 0.2) is 5.82 Å². The van der Waals surface area contributed by atoms with E-state index in [0.717, 1.165) is 41.9 Å². The van der Waals surface area contributed by atoms with Crippen molar-refractivity contribution in [3.63, 3.8) is 0 Å². The zero-order valence-electron chi connectivity index (χ0n) is 16.3. The van der Waals surface area contributed by atoms with Gasteiger partial charge in [-0.3, -0.25) is 4.98 Å². The number of pyridine rings is 1. The summed E-state index contributed by atoms with van der Waals surface area (Å²) in [5.74, 6) is 1.83. The average Bonchev–Trinajstić information content (AvgIpc) is 3.18. The zero-order chi connectivity index (χ0) is 18.8. The molecule has 1 saturated heterocycles. The summed E-state index contributed by atoms with van der Waals surface area (Å²) in [6.07, 6.45) is 10.9. The Bertz CT molecular complexity index is 966. The van der Waals surface area contributed by atoms with E-state index in [4.69, 9.17) is 9.97 Å². The molecule has 2 aromatic rings. The van der Waals surface area contributed by atoms with Gasteiger partial charge >= 0.3 is 0 Å². The summed E-state index contributed by atoms with van der Waals surface area (Å²) in [7, 11) is 0. The Morgan fingerprint density at radius 1 is 1.26 bits per heavy atom. The number of hydrogen-bond donors (Lipinski definition) is 1. The standard InChI is InChI=1S/C23H28N4/c1-4-19(16-7-6-8-16)21-20(5-2)26-23(17-10-12-25-15(3)13-17)27-22(21)18-9-11-24-14-18/h4-5,10,12-13,16,18,24H,1,6-9,11,14H2,2-3H3/b20-5+,21-19-. The molecule has 0 radical (unpaired) electrons. The highest BCUT2D eigenvalue weighted by Gasteiger charge is 2.26. The summed E-state index contributed by atoms with van der Waals surface area (Å²) in [5, 5.41) is 5.78. The van der Waals surface area contributed by atoms with Crippen LogP contribution in [-0.4, -0.2) is 28.0 Å². The van der Waals surface area contributed by atoms with Crippen LogP contribution in [0.15, 0.2) is 31.0 Å². The van der Waals surface area contributed by atoms with E-state index >= 15 is 0 Å². The van der Waals surface area contributed by atoms with Crippen LogP contribution in [0.25, 0.3) is 23.0 Å². The zero-order valence-corrected chi connectivity index (χ0v) is 16.3. The van der Waals surface area contributed by atoms with Crippen molar-refractivity contribution >= 4 is 11.6 Å². The Hall–Kier alpha value is -2.33. The van der Waals surface area contributed by atoms with Gasteiger partial charge in [0.05, 0.1) is 11.0 Å². The van der Waals surface area contributed by atoms with Crippen molar-refractivity contribution in [3.8, 4) is 11.4 Å². The Kier molecular flexibility index (Phi) is 5.17. The summed E-state index contributed by atoms with van der Waals surface area (Å²) >= 11 is 0. The molecular weight excluding hydrogens is 332 g/mol. The maximum atomic E-state index is 5.12. The van der Waals surface area contributed by atoms with Gasteiger partial charge in [0.1, 0.15) is 0 Å². The Morgan fingerprint density at radius 2 is 2.11 bits per heavy atom. The molecule has 4 rings (SSSR count). The molecule has 0 spiro atoms. The van der Waals surface area contributed by atoms with Crippen molar-refractivity contribution in [1.82, 2.24) is 20.3 Å². The number of rotatable bonds is 4. The van der Waals surface area contributed by atoms with Crippen LogP contribution in [0.5, 0.6) is 0 Å². The number of aryl methyl sites for hydroxylation is 1. The fourth-order valence-electron chi connectivity index (χ4n) is 4.19. The maximum absolute atomic E-state index is 5.12. The van der Waals surface area contributed by atoms with Crippen LogP contribution in [0.4, 0.5) is 0 Å². The van der Waals surface area contributed by atoms with Crippen molar-refractivity contribution in [2.45, 2.75) is 45.4 Å². The SMILES string of the molecule is C=C/C(=c1/c(C2CCNC2)nc(-c2ccnc(C)c2)n/c1=C/C)C1CCC1. The molecule has 2 fully saturated rings. The highest BCUT2D eigenvalue weighted by atomic mass is 14.9. The van der Waals surface area contributed by atoms with Crippen LogP contribution in [0.3, 0.4) is 0 Å². The van der Waals surface area contributed by atoms with Gasteiger partial charge in [0.2, 0.25) is 0 Å². The topological polar surface area (TPSA) is 50.7 Å². The minimum Gasteiger partial charge on any atom is -0.316 e. The molecule has 2 aromatic heterocycles. The van der Waals surface area contributed by atoms with E-state index in [0.29, 0.717) is 11.8 Å². The summed E-state index contributed by atoms with van der Waals surface area (Å²) in [5.41, 5.74) is 4.55. The van der Waals surface area contributed by atoms with E-state index in [1.807, 2.05) is 19.2 Å². The van der Waals surface area contributed by atoms with Crippen molar-refractivity contribution in [2.75, 3.05) is 13.1 Å².